The van der Waals surface area contributed by atoms with Crippen LogP contribution in [-0.4, -0.2) is 19.7 Å². The van der Waals surface area contributed by atoms with Crippen molar-refractivity contribution in [2.24, 2.45) is 0 Å². The molecule has 2 aromatic carbocycles. The number of hydrogen-bond donors (Lipinski definition) is 2. The average molecular weight is 371 g/mol. The summed E-state index contributed by atoms with van der Waals surface area (Å²) >= 11 is 0. The Bertz CT molecular complexity index is 1040. The maximum absolute atomic E-state index is 11.3. The van der Waals surface area contributed by atoms with Crippen LogP contribution in [0.1, 0.15) is 43.2 Å². The number of nitrogens with zero attached hydrogens (tertiary/aromatic N) is 1. The monoisotopic (exact) mass is 371 g/mol. The molecule has 0 radical (unpaired) electrons. The minimum absolute atomic E-state index is 0.0607. The fourth-order valence-corrected chi connectivity index (χ4v) is 3.49. The number of hydrogen-bond acceptors (Lipinski definition) is 5. The summed E-state index contributed by atoms with van der Waals surface area (Å²) < 4.78 is 30.9. The summed E-state index contributed by atoms with van der Waals surface area (Å²) in [6.07, 6.45) is 3.47. The molecule has 0 bridgehead atoms. The van der Waals surface area contributed by atoms with Crippen molar-refractivity contribution in [3.8, 4) is 0 Å². The van der Waals surface area contributed by atoms with Gasteiger partial charge < -0.3 is 9.73 Å². The third kappa shape index (κ3) is 3.83. The molecule has 0 saturated heterocycles. The van der Waals surface area contributed by atoms with E-state index < -0.39 is 10.0 Å². The van der Waals surface area contributed by atoms with Crippen molar-refractivity contribution in [2.45, 2.75) is 31.7 Å². The van der Waals surface area contributed by atoms with E-state index in [1.165, 1.54) is 12.8 Å². The van der Waals surface area contributed by atoms with E-state index in [-0.39, 0.29) is 6.04 Å². The third-order valence-corrected chi connectivity index (χ3v) is 5.04. The van der Waals surface area contributed by atoms with Crippen molar-refractivity contribution < 1.29 is 12.8 Å². The standard InChI is InChI=1S/C19H21N3O3S/c1-12(13-5-7-15(8-6-13)22-26(2,23)24)20-16-9-10-17-18(11-16)25-19(21-17)14-3-4-14/h5-12,14,20,22H,3-4H2,1-2H3. The van der Waals surface area contributed by atoms with E-state index >= 15 is 0 Å². The van der Waals surface area contributed by atoms with Gasteiger partial charge in [0, 0.05) is 29.4 Å². The van der Waals surface area contributed by atoms with Crippen molar-refractivity contribution >= 4 is 32.5 Å². The van der Waals surface area contributed by atoms with Gasteiger partial charge in [0.15, 0.2) is 11.5 Å². The van der Waals surface area contributed by atoms with Crippen LogP contribution in [0.2, 0.25) is 0 Å². The summed E-state index contributed by atoms with van der Waals surface area (Å²) in [6.45, 7) is 2.05. The Morgan fingerprint density at radius 2 is 1.81 bits per heavy atom. The molecule has 1 fully saturated rings. The molecular formula is C19H21N3O3S. The number of benzene rings is 2. The number of anilines is 2. The van der Waals surface area contributed by atoms with Crippen LogP contribution in [0.25, 0.3) is 11.1 Å². The van der Waals surface area contributed by atoms with Gasteiger partial charge in [0.2, 0.25) is 10.0 Å². The lowest BCUT2D eigenvalue weighted by Gasteiger charge is -2.16. The molecule has 1 atom stereocenters. The lowest BCUT2D eigenvalue weighted by atomic mass is 10.1. The smallest absolute Gasteiger partial charge is 0.229 e. The topological polar surface area (TPSA) is 84.2 Å². The summed E-state index contributed by atoms with van der Waals surface area (Å²) in [5.74, 6) is 1.34. The lowest BCUT2D eigenvalue weighted by Crippen LogP contribution is -2.10. The highest BCUT2D eigenvalue weighted by atomic mass is 32.2. The zero-order valence-electron chi connectivity index (χ0n) is 14.7. The maximum atomic E-state index is 11.3. The van der Waals surface area contributed by atoms with Crippen molar-refractivity contribution in [3.63, 3.8) is 0 Å². The Morgan fingerprint density at radius 1 is 1.12 bits per heavy atom. The first kappa shape index (κ1) is 16.9. The molecule has 1 saturated carbocycles. The second kappa shape index (κ2) is 6.32. The van der Waals surface area contributed by atoms with Crippen LogP contribution >= 0.6 is 0 Å². The Morgan fingerprint density at radius 3 is 2.46 bits per heavy atom. The van der Waals surface area contributed by atoms with Crippen LogP contribution in [-0.2, 0) is 10.0 Å². The summed E-state index contributed by atoms with van der Waals surface area (Å²) in [5, 5.41) is 3.45. The van der Waals surface area contributed by atoms with Crippen molar-refractivity contribution in [3.05, 3.63) is 53.9 Å². The van der Waals surface area contributed by atoms with Gasteiger partial charge >= 0.3 is 0 Å². The van der Waals surface area contributed by atoms with E-state index in [0.29, 0.717) is 11.6 Å². The van der Waals surface area contributed by atoms with Gasteiger partial charge in [0.25, 0.3) is 0 Å². The van der Waals surface area contributed by atoms with Gasteiger partial charge in [-0.1, -0.05) is 12.1 Å². The van der Waals surface area contributed by atoms with E-state index in [1.807, 2.05) is 30.3 Å². The van der Waals surface area contributed by atoms with Crippen molar-refractivity contribution in [1.29, 1.82) is 0 Å². The Hall–Kier alpha value is -2.54. The van der Waals surface area contributed by atoms with Gasteiger partial charge in [0.1, 0.15) is 5.52 Å². The van der Waals surface area contributed by atoms with E-state index in [9.17, 15) is 8.42 Å². The summed E-state index contributed by atoms with van der Waals surface area (Å²) in [5.41, 5.74) is 4.26. The van der Waals surface area contributed by atoms with Gasteiger partial charge in [-0.15, -0.1) is 0 Å². The van der Waals surface area contributed by atoms with Gasteiger partial charge in [-0.25, -0.2) is 13.4 Å². The first-order valence-electron chi connectivity index (χ1n) is 8.62. The number of rotatable bonds is 6. The molecule has 1 aliphatic rings. The maximum Gasteiger partial charge on any atom is 0.229 e. The molecule has 1 aliphatic carbocycles. The minimum Gasteiger partial charge on any atom is -0.440 e. The lowest BCUT2D eigenvalue weighted by molar-refractivity contribution is 0.533. The first-order valence-corrected chi connectivity index (χ1v) is 10.5. The zero-order valence-corrected chi connectivity index (χ0v) is 15.5. The van der Waals surface area contributed by atoms with Crippen LogP contribution in [0.15, 0.2) is 46.9 Å². The number of oxazole rings is 1. The van der Waals surface area contributed by atoms with Crippen LogP contribution in [0.3, 0.4) is 0 Å². The molecule has 0 spiro atoms. The molecule has 7 heteroatoms. The van der Waals surface area contributed by atoms with Gasteiger partial charge in [-0.2, -0.15) is 0 Å². The Kier molecular flexibility index (Phi) is 4.11. The highest BCUT2D eigenvalue weighted by molar-refractivity contribution is 7.92. The molecule has 1 aromatic heterocycles. The fourth-order valence-electron chi connectivity index (χ4n) is 2.92. The molecule has 0 aliphatic heterocycles. The molecular weight excluding hydrogens is 350 g/mol. The molecule has 4 rings (SSSR count). The highest BCUT2D eigenvalue weighted by Crippen LogP contribution is 2.40. The number of sulfonamides is 1. The molecule has 2 N–H and O–H groups in total. The number of nitrogens with one attached hydrogen (secondary N) is 2. The molecule has 3 aromatic rings. The van der Waals surface area contributed by atoms with Crippen molar-refractivity contribution in [1.82, 2.24) is 4.98 Å². The SMILES string of the molecule is CC(Nc1ccc2nc(C3CC3)oc2c1)c1ccc(NS(C)(=O)=O)cc1. The quantitative estimate of drug-likeness (QED) is 0.677. The largest absolute Gasteiger partial charge is 0.440 e. The van der Waals surface area contributed by atoms with Crippen LogP contribution in [0, 0.1) is 0 Å². The van der Waals surface area contributed by atoms with Crippen molar-refractivity contribution in [2.75, 3.05) is 16.3 Å². The first-order chi connectivity index (χ1) is 12.4. The van der Waals surface area contributed by atoms with Gasteiger partial charge in [-0.3, -0.25) is 4.72 Å². The predicted molar refractivity (Wildman–Crippen MR) is 103 cm³/mol. The zero-order chi connectivity index (χ0) is 18.3. The molecule has 136 valence electrons. The minimum atomic E-state index is -3.26. The van der Waals surface area contributed by atoms with Gasteiger partial charge in [-0.05, 0) is 49.6 Å². The highest BCUT2D eigenvalue weighted by Gasteiger charge is 2.28. The third-order valence-electron chi connectivity index (χ3n) is 4.43. The number of fused-ring (bicyclic) bond motifs is 1. The second-order valence-electron chi connectivity index (χ2n) is 6.87. The number of aromatic nitrogens is 1. The average Bonchev–Trinajstić information content (AvgIpc) is 3.34. The molecule has 6 nitrogen and oxygen atoms in total. The fraction of sp³-hybridized carbons (Fsp3) is 0.316. The Balaban J connectivity index is 1.48. The van der Waals surface area contributed by atoms with E-state index in [2.05, 4.69) is 21.9 Å². The van der Waals surface area contributed by atoms with Crippen LogP contribution in [0.5, 0.6) is 0 Å². The second-order valence-corrected chi connectivity index (χ2v) is 8.62. The molecule has 1 unspecified atom stereocenters. The molecule has 0 amide bonds. The van der Waals surface area contributed by atoms with E-state index in [0.717, 1.165) is 34.5 Å². The summed E-state index contributed by atoms with van der Waals surface area (Å²) in [4.78, 5) is 4.54. The van der Waals surface area contributed by atoms with Gasteiger partial charge in [0.05, 0.1) is 6.26 Å². The molecule has 1 heterocycles. The van der Waals surface area contributed by atoms with E-state index in [1.54, 1.807) is 12.1 Å². The predicted octanol–water partition coefficient (Wildman–Crippen LogP) is 4.25. The molecule has 26 heavy (non-hydrogen) atoms. The van der Waals surface area contributed by atoms with Crippen LogP contribution < -0.4 is 10.0 Å². The van der Waals surface area contributed by atoms with E-state index in [4.69, 9.17) is 4.42 Å². The normalized spacial score (nSPS) is 15.8. The summed E-state index contributed by atoms with van der Waals surface area (Å²) in [6, 6.07) is 13.3. The van der Waals surface area contributed by atoms with Crippen LogP contribution in [0.4, 0.5) is 11.4 Å². The summed E-state index contributed by atoms with van der Waals surface area (Å²) in [7, 11) is -3.26. The Labute approximate surface area is 152 Å².